The quantitative estimate of drug-likeness (QED) is 0.264. The van der Waals surface area contributed by atoms with E-state index in [0.29, 0.717) is 0 Å². The molecule has 0 atom stereocenters. The fraction of sp³-hybridized carbons (Fsp3) is 0. The minimum Gasteiger partial charge on any atom is -0.288 e. The van der Waals surface area contributed by atoms with Crippen LogP contribution in [0.15, 0.2) is 0 Å². The largest absolute Gasteiger partial charge is 0.288 e. The van der Waals surface area contributed by atoms with Crippen LogP contribution in [0.5, 0.6) is 0 Å². The van der Waals surface area contributed by atoms with E-state index in [2.05, 4.69) is 0 Å². The van der Waals surface area contributed by atoms with Crippen LogP contribution < -0.4 is 0 Å². The van der Waals surface area contributed by atoms with E-state index in [9.17, 15) is 0 Å². The van der Waals surface area contributed by atoms with Crippen molar-refractivity contribution in [3.8, 4) is 0 Å². The Hall–Kier alpha value is 0.533. The first kappa shape index (κ1) is 9.11. The molecule has 0 unspecified atom stereocenters. The van der Waals surface area contributed by atoms with Crippen molar-refractivity contribution in [2.24, 2.45) is 0 Å². The van der Waals surface area contributed by atoms with Crippen molar-refractivity contribution in [3.63, 3.8) is 0 Å². The molecule has 0 rings (SSSR count). The van der Waals surface area contributed by atoms with E-state index in [0.717, 1.165) is 0 Å². The summed E-state index contributed by atoms with van der Waals surface area (Å²) in [6.45, 7) is 0. The first-order valence-electron chi connectivity index (χ1n) is 0.565. The summed E-state index contributed by atoms with van der Waals surface area (Å²) in [4.78, 5) is 0. The van der Waals surface area contributed by atoms with Crippen LogP contribution in [-0.4, -0.2) is 13.0 Å². The van der Waals surface area contributed by atoms with Crippen molar-refractivity contribution in [3.05, 3.63) is 0 Å². The zero-order chi connectivity index (χ0) is 3.58. The molecule has 0 spiro atoms. The third-order valence-corrected chi connectivity index (χ3v) is 0. The fourth-order valence-corrected chi connectivity index (χ4v) is 0. The van der Waals surface area contributed by atoms with Crippen LogP contribution >= 0.6 is 0 Å². The first-order chi connectivity index (χ1) is 1.73. The Morgan fingerprint density at radius 2 is 1.40 bits per heavy atom. The van der Waals surface area contributed by atoms with Gasteiger partial charge in [0.2, 0.25) is 0 Å². The molecular formula is H2O3SZn. The third kappa shape index (κ3) is 102. The Bertz CT molecular complexity index is 55.3. The zero-order valence-electron chi connectivity index (χ0n) is 2.42. The summed E-state index contributed by atoms with van der Waals surface area (Å²) in [6.07, 6.45) is 0. The zero-order valence-corrected chi connectivity index (χ0v) is 6.28. The SMILES string of the molecule is O=[SH](=O)O.[Zn]. The van der Waals surface area contributed by atoms with Gasteiger partial charge in [-0.25, -0.2) is 8.42 Å². The molecule has 0 aliphatic rings. The predicted octanol–water partition coefficient (Wildman–Crippen LogP) is -0.932. The Kier molecular flexibility index (Phi) is 8.26. The van der Waals surface area contributed by atoms with Crippen LogP contribution in [0, 0.1) is 0 Å². The van der Waals surface area contributed by atoms with Gasteiger partial charge in [-0.3, -0.25) is 4.55 Å². The van der Waals surface area contributed by atoms with E-state index in [4.69, 9.17) is 13.0 Å². The van der Waals surface area contributed by atoms with E-state index in [1.807, 2.05) is 0 Å². The Balaban J connectivity index is 0. The summed E-state index contributed by atoms with van der Waals surface area (Å²) in [5.74, 6) is 0. The standard InChI is InChI=1S/H2O3S.Zn/c1-4(2)3;/h4H,(H,1,2,3);. The monoisotopic (exact) mass is 146 g/mol. The van der Waals surface area contributed by atoms with Crippen molar-refractivity contribution >= 4 is 11.0 Å². The van der Waals surface area contributed by atoms with Gasteiger partial charge in [0, 0.05) is 19.5 Å². The van der Waals surface area contributed by atoms with Crippen molar-refractivity contribution < 1.29 is 32.4 Å². The van der Waals surface area contributed by atoms with Gasteiger partial charge in [-0.2, -0.15) is 0 Å². The molecule has 0 aromatic heterocycles. The molecule has 0 saturated heterocycles. The van der Waals surface area contributed by atoms with Crippen molar-refractivity contribution in [1.29, 1.82) is 0 Å². The number of thiol groups is 1. The molecule has 5 heavy (non-hydrogen) atoms. The summed E-state index contributed by atoms with van der Waals surface area (Å²) in [7, 11) is -3.12. The summed E-state index contributed by atoms with van der Waals surface area (Å²) in [5, 5.41) is 0. The molecule has 0 aliphatic carbocycles. The van der Waals surface area contributed by atoms with Gasteiger partial charge in [-0.05, 0) is 0 Å². The van der Waals surface area contributed by atoms with Crippen molar-refractivity contribution in [2.45, 2.75) is 0 Å². The molecule has 28 valence electrons. The van der Waals surface area contributed by atoms with E-state index in [1.165, 1.54) is 0 Å². The normalized spacial score (nSPS) is 6.80. The van der Waals surface area contributed by atoms with Gasteiger partial charge in [-0.15, -0.1) is 0 Å². The molecule has 3 nitrogen and oxygen atoms in total. The summed E-state index contributed by atoms with van der Waals surface area (Å²) >= 11 is 0. The van der Waals surface area contributed by atoms with Gasteiger partial charge < -0.3 is 0 Å². The number of rotatable bonds is 0. The van der Waals surface area contributed by atoms with Crippen LogP contribution in [0.2, 0.25) is 0 Å². The maximum atomic E-state index is 8.59. The molecule has 0 bridgehead atoms. The van der Waals surface area contributed by atoms with E-state index in [-0.39, 0.29) is 19.5 Å². The molecule has 0 amide bonds. The van der Waals surface area contributed by atoms with Crippen molar-refractivity contribution in [2.75, 3.05) is 0 Å². The van der Waals surface area contributed by atoms with Crippen LogP contribution in [0.3, 0.4) is 0 Å². The van der Waals surface area contributed by atoms with E-state index >= 15 is 0 Å². The second-order valence-electron chi connectivity index (χ2n) is 0.238. The molecular weight excluding hydrogens is 145 g/mol. The molecule has 0 saturated carbocycles. The van der Waals surface area contributed by atoms with Crippen LogP contribution in [0.4, 0.5) is 0 Å². The second kappa shape index (κ2) is 4.53. The average Bonchev–Trinajstić information content (AvgIpc) is 0.811. The Labute approximate surface area is 43.9 Å². The maximum Gasteiger partial charge on any atom is 0.254 e. The molecule has 0 fully saturated rings. The van der Waals surface area contributed by atoms with Crippen molar-refractivity contribution in [1.82, 2.24) is 0 Å². The van der Waals surface area contributed by atoms with Gasteiger partial charge in [0.15, 0.2) is 0 Å². The summed E-state index contributed by atoms with van der Waals surface area (Å²) < 4.78 is 24.2. The predicted molar refractivity (Wildman–Crippen MR) is 12.9 cm³/mol. The Morgan fingerprint density at radius 3 is 1.40 bits per heavy atom. The topological polar surface area (TPSA) is 54.4 Å². The minimum absolute atomic E-state index is 0. The molecule has 1 N–H and O–H groups in total. The smallest absolute Gasteiger partial charge is 0.254 e. The molecule has 0 aliphatic heterocycles. The fourth-order valence-electron chi connectivity index (χ4n) is 0. The van der Waals surface area contributed by atoms with Gasteiger partial charge >= 0.3 is 0 Å². The second-order valence-corrected chi connectivity index (χ2v) is 0.714. The van der Waals surface area contributed by atoms with Crippen LogP contribution in [-0.2, 0) is 30.5 Å². The van der Waals surface area contributed by atoms with Crippen LogP contribution in [0.1, 0.15) is 0 Å². The third-order valence-electron chi connectivity index (χ3n) is 0. The van der Waals surface area contributed by atoms with Gasteiger partial charge in [-0.1, -0.05) is 0 Å². The number of hydrogen-bond acceptors (Lipinski definition) is 2. The average molecular weight is 147 g/mol. The van der Waals surface area contributed by atoms with E-state index < -0.39 is 11.0 Å². The van der Waals surface area contributed by atoms with Gasteiger partial charge in [0.25, 0.3) is 11.0 Å². The van der Waals surface area contributed by atoms with Gasteiger partial charge in [0.1, 0.15) is 0 Å². The van der Waals surface area contributed by atoms with Gasteiger partial charge in [0.05, 0.1) is 0 Å². The number of hydrogen-bond donors (Lipinski definition) is 2. The van der Waals surface area contributed by atoms with Crippen LogP contribution in [0.25, 0.3) is 0 Å². The minimum atomic E-state index is -3.12. The molecule has 5 heteroatoms. The molecule has 0 radical (unpaired) electrons. The Morgan fingerprint density at radius 1 is 1.40 bits per heavy atom. The summed E-state index contributed by atoms with van der Waals surface area (Å²) in [5.41, 5.74) is 0. The maximum absolute atomic E-state index is 8.59. The molecule has 0 heterocycles. The summed E-state index contributed by atoms with van der Waals surface area (Å²) in [6, 6.07) is 0. The molecule has 0 aromatic rings. The van der Waals surface area contributed by atoms with E-state index in [1.54, 1.807) is 0 Å². The molecule has 0 aromatic carbocycles. The first-order valence-corrected chi connectivity index (χ1v) is 1.70.